The highest BCUT2D eigenvalue weighted by atomic mass is 16.7. The van der Waals surface area contributed by atoms with E-state index in [2.05, 4.69) is 49.4 Å². The van der Waals surface area contributed by atoms with Crippen molar-refractivity contribution in [3.05, 3.63) is 34.9 Å². The van der Waals surface area contributed by atoms with Crippen molar-refractivity contribution in [1.29, 1.82) is 0 Å². The molecular formula is C47H73NO8. The number of carbonyl (C=O) groups excluding carboxylic acids is 3. The molecule has 0 amide bonds. The molecule has 1 heterocycles. The lowest BCUT2D eigenvalue weighted by Gasteiger charge is -2.19. The van der Waals surface area contributed by atoms with Crippen LogP contribution in [0.2, 0.25) is 0 Å². The van der Waals surface area contributed by atoms with Crippen LogP contribution in [-0.2, 0) is 51.3 Å². The molecule has 0 aliphatic carbocycles. The van der Waals surface area contributed by atoms with Gasteiger partial charge in [-0.25, -0.2) is 0 Å². The second-order valence-corrected chi connectivity index (χ2v) is 14.9. The van der Waals surface area contributed by atoms with Gasteiger partial charge in [0.15, 0.2) is 6.29 Å². The van der Waals surface area contributed by atoms with Gasteiger partial charge in [-0.3, -0.25) is 14.4 Å². The Morgan fingerprint density at radius 1 is 0.625 bits per heavy atom. The molecule has 9 nitrogen and oxygen atoms in total. The van der Waals surface area contributed by atoms with Gasteiger partial charge in [0, 0.05) is 44.9 Å². The van der Waals surface area contributed by atoms with E-state index in [0.29, 0.717) is 45.3 Å². The van der Waals surface area contributed by atoms with Gasteiger partial charge in [0.1, 0.15) is 19.3 Å². The Balaban J connectivity index is 1.80. The number of unbranched alkanes of at least 4 members (excludes halogenated alkanes) is 7. The third-order valence-corrected chi connectivity index (χ3v) is 9.61. The van der Waals surface area contributed by atoms with E-state index in [1.165, 1.54) is 12.8 Å². The van der Waals surface area contributed by atoms with Gasteiger partial charge in [-0.2, -0.15) is 0 Å². The predicted molar refractivity (Wildman–Crippen MR) is 222 cm³/mol. The average molecular weight is 780 g/mol. The number of nitrogens with zero attached hydrogens (tertiary/aromatic N) is 1. The lowest BCUT2D eigenvalue weighted by Crippen LogP contribution is -2.23. The Labute approximate surface area is 339 Å². The van der Waals surface area contributed by atoms with Crippen LogP contribution in [0.5, 0.6) is 0 Å². The second-order valence-electron chi connectivity index (χ2n) is 14.9. The van der Waals surface area contributed by atoms with Crippen LogP contribution in [0.4, 0.5) is 0 Å². The summed E-state index contributed by atoms with van der Waals surface area (Å²) in [4.78, 5) is 40.7. The van der Waals surface area contributed by atoms with Gasteiger partial charge in [-0.1, -0.05) is 70.6 Å². The molecule has 1 aromatic carbocycles. The van der Waals surface area contributed by atoms with Crippen molar-refractivity contribution in [3.63, 3.8) is 0 Å². The summed E-state index contributed by atoms with van der Waals surface area (Å²) in [6.07, 6.45) is 16.6. The first-order valence-electron chi connectivity index (χ1n) is 21.8. The normalized spacial score (nSPS) is 13.1. The quantitative estimate of drug-likeness (QED) is 0.0248. The van der Waals surface area contributed by atoms with E-state index < -0.39 is 6.29 Å². The third-order valence-electron chi connectivity index (χ3n) is 9.61. The number of benzene rings is 1. The SMILES string of the molecule is CCCCC#CCCOC(CCC(=O)OCc1cc(C)cc(COC(=O)CCC(CCCCCC)OC(=O)CCCN2CCCC2)c1)OCCC#CCCCC. The van der Waals surface area contributed by atoms with Gasteiger partial charge in [-0.05, 0) is 95.1 Å². The Bertz CT molecular complexity index is 1320. The largest absolute Gasteiger partial charge is 0.462 e. The maximum atomic E-state index is 12.8. The molecule has 1 saturated heterocycles. The predicted octanol–water partition coefficient (Wildman–Crippen LogP) is 9.93. The molecule has 314 valence electrons. The van der Waals surface area contributed by atoms with Gasteiger partial charge in [0.05, 0.1) is 19.6 Å². The van der Waals surface area contributed by atoms with Crippen molar-refractivity contribution in [2.45, 2.75) is 188 Å². The highest BCUT2D eigenvalue weighted by Gasteiger charge is 2.19. The summed E-state index contributed by atoms with van der Waals surface area (Å²) < 4.78 is 29.0. The topological polar surface area (TPSA) is 101 Å². The van der Waals surface area contributed by atoms with Gasteiger partial charge in [0.25, 0.3) is 0 Å². The summed E-state index contributed by atoms with van der Waals surface area (Å²) in [7, 11) is 0. The maximum absolute atomic E-state index is 12.8. The number of rotatable bonds is 30. The number of likely N-dealkylation sites (tertiary alicyclic amines) is 1. The molecule has 1 aliphatic rings. The summed E-state index contributed by atoms with van der Waals surface area (Å²) in [5, 5.41) is 0. The standard InChI is InChI=1S/C47H73NO8/c1-5-8-11-14-16-21-33-52-47(53-34-22-17-15-12-9-6-2)29-28-45(50)55-39-42-36-40(4)35-41(37-42)38-54-44(49)27-26-43(24-18-13-10-7-3)56-46(51)25-23-32-48-30-19-20-31-48/h35-37,43,47H,5-13,18-34,38-39H2,1-4H3. The second kappa shape index (κ2) is 32.7. The van der Waals surface area contributed by atoms with Crippen molar-refractivity contribution in [2.24, 2.45) is 0 Å². The number of aryl methyl sites for hydroxylation is 1. The van der Waals surface area contributed by atoms with E-state index in [0.717, 1.165) is 113 Å². The summed E-state index contributed by atoms with van der Waals surface area (Å²) in [5.74, 6) is 11.8. The van der Waals surface area contributed by atoms with Gasteiger partial charge in [0.2, 0.25) is 0 Å². The van der Waals surface area contributed by atoms with E-state index in [-0.39, 0.29) is 50.1 Å². The minimum Gasteiger partial charge on any atom is -0.462 e. The zero-order chi connectivity index (χ0) is 40.5. The summed E-state index contributed by atoms with van der Waals surface area (Å²) in [6, 6.07) is 5.81. The fourth-order valence-electron chi connectivity index (χ4n) is 6.44. The Kier molecular flexibility index (Phi) is 28.5. The molecule has 1 atom stereocenters. The third kappa shape index (κ3) is 25.7. The molecule has 0 saturated carbocycles. The van der Waals surface area contributed by atoms with Crippen molar-refractivity contribution in [3.8, 4) is 23.7 Å². The van der Waals surface area contributed by atoms with Crippen LogP contribution in [-0.4, -0.2) is 68.0 Å². The Morgan fingerprint density at radius 3 is 1.75 bits per heavy atom. The van der Waals surface area contributed by atoms with Crippen LogP contribution >= 0.6 is 0 Å². The van der Waals surface area contributed by atoms with Gasteiger partial charge >= 0.3 is 17.9 Å². The average Bonchev–Trinajstić information content (AvgIpc) is 3.71. The number of hydrogen-bond acceptors (Lipinski definition) is 9. The number of hydrogen-bond donors (Lipinski definition) is 0. The molecule has 1 aliphatic heterocycles. The highest BCUT2D eigenvalue weighted by molar-refractivity contribution is 5.71. The van der Waals surface area contributed by atoms with Crippen molar-refractivity contribution >= 4 is 17.9 Å². The lowest BCUT2D eigenvalue weighted by atomic mass is 10.1. The zero-order valence-corrected chi connectivity index (χ0v) is 35.4. The monoisotopic (exact) mass is 780 g/mol. The molecule has 0 radical (unpaired) electrons. The Hall–Kier alpha value is -3.37. The molecule has 1 fully saturated rings. The summed E-state index contributed by atoms with van der Waals surface area (Å²) >= 11 is 0. The molecule has 56 heavy (non-hydrogen) atoms. The smallest absolute Gasteiger partial charge is 0.306 e. The first-order chi connectivity index (χ1) is 27.3. The van der Waals surface area contributed by atoms with E-state index in [9.17, 15) is 14.4 Å². The summed E-state index contributed by atoms with van der Waals surface area (Å²) in [5.41, 5.74) is 2.62. The van der Waals surface area contributed by atoms with Crippen molar-refractivity contribution in [1.82, 2.24) is 4.90 Å². The molecule has 0 bridgehead atoms. The lowest BCUT2D eigenvalue weighted by molar-refractivity contribution is -0.158. The molecule has 1 aromatic rings. The molecular weight excluding hydrogens is 707 g/mol. The van der Waals surface area contributed by atoms with E-state index in [1.54, 1.807) is 0 Å². The summed E-state index contributed by atoms with van der Waals surface area (Å²) in [6.45, 7) is 12.7. The fraction of sp³-hybridized carbons (Fsp3) is 0.723. The zero-order valence-electron chi connectivity index (χ0n) is 35.4. The molecule has 1 unspecified atom stereocenters. The van der Waals surface area contributed by atoms with E-state index >= 15 is 0 Å². The molecule has 9 heteroatoms. The van der Waals surface area contributed by atoms with E-state index in [4.69, 9.17) is 23.7 Å². The minimum atomic E-state index is -0.536. The number of ether oxygens (including phenoxy) is 5. The molecule has 0 spiro atoms. The van der Waals surface area contributed by atoms with Gasteiger partial charge < -0.3 is 28.6 Å². The number of carbonyl (C=O) groups is 3. The number of esters is 3. The van der Waals surface area contributed by atoms with Crippen molar-refractivity contribution in [2.75, 3.05) is 32.8 Å². The first kappa shape index (κ1) is 48.8. The molecule has 2 rings (SSSR count). The minimum absolute atomic E-state index is 0.109. The van der Waals surface area contributed by atoms with Crippen LogP contribution in [0.3, 0.4) is 0 Å². The highest BCUT2D eigenvalue weighted by Crippen LogP contribution is 2.18. The van der Waals surface area contributed by atoms with Crippen LogP contribution in [0.1, 0.15) is 172 Å². The van der Waals surface area contributed by atoms with E-state index in [1.807, 2.05) is 25.1 Å². The van der Waals surface area contributed by atoms with Crippen molar-refractivity contribution < 1.29 is 38.1 Å². The molecule has 0 N–H and O–H groups in total. The molecule has 0 aromatic heterocycles. The van der Waals surface area contributed by atoms with Crippen LogP contribution in [0.25, 0.3) is 0 Å². The fourth-order valence-corrected chi connectivity index (χ4v) is 6.44. The Morgan fingerprint density at radius 2 is 1.18 bits per heavy atom. The van der Waals surface area contributed by atoms with Gasteiger partial charge in [-0.15, -0.1) is 23.7 Å². The van der Waals surface area contributed by atoms with Crippen LogP contribution in [0.15, 0.2) is 18.2 Å². The van der Waals surface area contributed by atoms with Crippen LogP contribution in [0, 0.1) is 30.6 Å². The van der Waals surface area contributed by atoms with Crippen LogP contribution < -0.4 is 0 Å². The first-order valence-corrected chi connectivity index (χ1v) is 21.8. The maximum Gasteiger partial charge on any atom is 0.306 e.